The van der Waals surface area contributed by atoms with Crippen LogP contribution >= 0.6 is 0 Å². The van der Waals surface area contributed by atoms with Crippen LogP contribution in [-0.2, 0) is 11.2 Å². The summed E-state index contributed by atoms with van der Waals surface area (Å²) in [6, 6.07) is 6.04. The Morgan fingerprint density at radius 1 is 1.06 bits per heavy atom. The van der Waals surface area contributed by atoms with E-state index in [1.54, 1.807) is 14.2 Å². The second-order valence-electron chi connectivity index (χ2n) is 3.53. The molecule has 0 N–H and O–H groups in total. The lowest BCUT2D eigenvalue weighted by molar-refractivity contribution is 0.170. The molecule has 0 unspecified atom stereocenters. The third kappa shape index (κ3) is 3.74. The fraction of sp³-hybridized carbons (Fsp3) is 0.538. The highest BCUT2D eigenvalue weighted by Crippen LogP contribution is 2.28. The van der Waals surface area contributed by atoms with Gasteiger partial charge in [-0.25, -0.2) is 0 Å². The van der Waals surface area contributed by atoms with Crippen molar-refractivity contribution in [2.75, 3.05) is 27.4 Å². The fourth-order valence-electron chi connectivity index (χ4n) is 1.44. The van der Waals surface area contributed by atoms with Gasteiger partial charge >= 0.3 is 0 Å². The van der Waals surface area contributed by atoms with Crippen molar-refractivity contribution in [1.29, 1.82) is 0 Å². The lowest BCUT2D eigenvalue weighted by Gasteiger charge is -2.11. The Bertz CT molecular complexity index is 310. The van der Waals surface area contributed by atoms with Crippen LogP contribution in [0.3, 0.4) is 0 Å². The molecule has 0 aromatic heterocycles. The van der Waals surface area contributed by atoms with Crippen molar-refractivity contribution in [1.82, 2.24) is 0 Å². The van der Waals surface area contributed by atoms with Crippen molar-refractivity contribution in [3.63, 3.8) is 0 Å². The summed E-state index contributed by atoms with van der Waals surface area (Å²) in [7, 11) is 3.35. The fourth-order valence-corrected chi connectivity index (χ4v) is 1.44. The maximum atomic E-state index is 5.67. The molecule has 3 nitrogen and oxygen atoms in total. The highest BCUT2D eigenvalue weighted by atomic mass is 16.5. The standard InChI is InChI=1S/C13H20O3/c1-4-11-6-7-12(15-3)13(10-11)16-9-5-8-14-2/h6-7,10H,4-5,8-9H2,1-3H3. The molecule has 0 saturated heterocycles. The predicted molar refractivity (Wildman–Crippen MR) is 64.4 cm³/mol. The van der Waals surface area contributed by atoms with Gasteiger partial charge in [0.25, 0.3) is 0 Å². The molecule has 0 atom stereocenters. The molecule has 0 radical (unpaired) electrons. The summed E-state index contributed by atoms with van der Waals surface area (Å²) in [4.78, 5) is 0. The number of benzene rings is 1. The summed E-state index contributed by atoms with van der Waals surface area (Å²) in [6.07, 6.45) is 1.88. The number of aryl methyl sites for hydroxylation is 1. The monoisotopic (exact) mass is 224 g/mol. The average Bonchev–Trinajstić information content (AvgIpc) is 2.34. The molecule has 0 aliphatic heterocycles. The Morgan fingerprint density at radius 3 is 2.50 bits per heavy atom. The zero-order valence-electron chi connectivity index (χ0n) is 10.3. The smallest absolute Gasteiger partial charge is 0.161 e. The molecule has 0 bridgehead atoms. The number of rotatable bonds is 7. The molecule has 0 aliphatic rings. The molecule has 0 spiro atoms. The average molecular weight is 224 g/mol. The maximum Gasteiger partial charge on any atom is 0.161 e. The van der Waals surface area contributed by atoms with Crippen molar-refractivity contribution in [3.8, 4) is 11.5 Å². The van der Waals surface area contributed by atoms with Gasteiger partial charge in [0.15, 0.2) is 11.5 Å². The largest absolute Gasteiger partial charge is 0.493 e. The molecule has 0 saturated carbocycles. The molecule has 1 rings (SSSR count). The summed E-state index contributed by atoms with van der Waals surface area (Å²) in [5.41, 5.74) is 1.25. The third-order valence-corrected chi connectivity index (χ3v) is 2.39. The normalized spacial score (nSPS) is 10.2. The van der Waals surface area contributed by atoms with E-state index >= 15 is 0 Å². The predicted octanol–water partition coefficient (Wildman–Crippen LogP) is 2.67. The van der Waals surface area contributed by atoms with Crippen LogP contribution in [0.25, 0.3) is 0 Å². The van der Waals surface area contributed by atoms with E-state index in [-0.39, 0.29) is 0 Å². The highest BCUT2D eigenvalue weighted by Gasteiger charge is 2.04. The van der Waals surface area contributed by atoms with Crippen molar-refractivity contribution in [2.24, 2.45) is 0 Å². The number of methoxy groups -OCH3 is 2. The van der Waals surface area contributed by atoms with E-state index in [9.17, 15) is 0 Å². The van der Waals surface area contributed by atoms with Crippen molar-refractivity contribution < 1.29 is 14.2 Å². The molecule has 0 heterocycles. The van der Waals surface area contributed by atoms with Gasteiger partial charge in [0.05, 0.1) is 13.7 Å². The molecule has 0 aliphatic carbocycles. The molecule has 0 amide bonds. The van der Waals surface area contributed by atoms with Gasteiger partial charge in [-0.3, -0.25) is 0 Å². The second-order valence-corrected chi connectivity index (χ2v) is 3.53. The molecule has 16 heavy (non-hydrogen) atoms. The van der Waals surface area contributed by atoms with Gasteiger partial charge in [0.2, 0.25) is 0 Å². The second kappa shape index (κ2) is 7.12. The SMILES string of the molecule is CCc1ccc(OC)c(OCCCOC)c1. The topological polar surface area (TPSA) is 27.7 Å². The van der Waals surface area contributed by atoms with Gasteiger partial charge in [-0.2, -0.15) is 0 Å². The number of ether oxygens (including phenoxy) is 3. The maximum absolute atomic E-state index is 5.67. The summed E-state index contributed by atoms with van der Waals surface area (Å²) in [5, 5.41) is 0. The molecule has 0 fully saturated rings. The minimum absolute atomic E-state index is 0.650. The van der Waals surface area contributed by atoms with Crippen LogP contribution in [0.2, 0.25) is 0 Å². The van der Waals surface area contributed by atoms with Crippen LogP contribution in [0.5, 0.6) is 11.5 Å². The van der Waals surface area contributed by atoms with Gasteiger partial charge in [-0.1, -0.05) is 13.0 Å². The van der Waals surface area contributed by atoms with Crippen molar-refractivity contribution in [2.45, 2.75) is 19.8 Å². The number of hydrogen-bond acceptors (Lipinski definition) is 3. The van der Waals surface area contributed by atoms with Gasteiger partial charge < -0.3 is 14.2 Å². The van der Waals surface area contributed by atoms with Crippen molar-refractivity contribution >= 4 is 0 Å². The first-order valence-corrected chi connectivity index (χ1v) is 5.60. The van der Waals surface area contributed by atoms with Crippen LogP contribution in [-0.4, -0.2) is 27.4 Å². The minimum atomic E-state index is 0.650. The quantitative estimate of drug-likeness (QED) is 0.666. The van der Waals surface area contributed by atoms with Crippen molar-refractivity contribution in [3.05, 3.63) is 23.8 Å². The lowest BCUT2D eigenvalue weighted by atomic mass is 10.1. The minimum Gasteiger partial charge on any atom is -0.493 e. The van der Waals surface area contributed by atoms with Crippen LogP contribution in [0.15, 0.2) is 18.2 Å². The van der Waals surface area contributed by atoms with Gasteiger partial charge in [-0.05, 0) is 24.1 Å². The summed E-state index contributed by atoms with van der Waals surface area (Å²) >= 11 is 0. The van der Waals surface area contributed by atoms with E-state index in [0.717, 1.165) is 30.9 Å². The summed E-state index contributed by atoms with van der Waals surface area (Å²) < 4.78 is 15.9. The van der Waals surface area contributed by atoms with Gasteiger partial charge in [0, 0.05) is 20.1 Å². The zero-order valence-corrected chi connectivity index (χ0v) is 10.3. The Morgan fingerprint density at radius 2 is 1.88 bits per heavy atom. The first kappa shape index (κ1) is 12.8. The molecule has 1 aromatic carbocycles. The van der Waals surface area contributed by atoms with E-state index in [0.29, 0.717) is 6.61 Å². The zero-order chi connectivity index (χ0) is 11.8. The number of hydrogen-bond donors (Lipinski definition) is 0. The highest BCUT2D eigenvalue weighted by molar-refractivity contribution is 5.42. The molecular formula is C13H20O3. The van der Waals surface area contributed by atoms with E-state index in [2.05, 4.69) is 13.0 Å². The lowest BCUT2D eigenvalue weighted by Crippen LogP contribution is -2.03. The Labute approximate surface area is 97.3 Å². The first-order valence-electron chi connectivity index (χ1n) is 5.60. The van der Waals surface area contributed by atoms with Crippen LogP contribution in [0.1, 0.15) is 18.9 Å². The van der Waals surface area contributed by atoms with Gasteiger partial charge in [-0.15, -0.1) is 0 Å². The Kier molecular flexibility index (Phi) is 5.72. The molecular weight excluding hydrogens is 204 g/mol. The van der Waals surface area contributed by atoms with Gasteiger partial charge in [0.1, 0.15) is 0 Å². The van der Waals surface area contributed by atoms with Crippen LogP contribution < -0.4 is 9.47 Å². The van der Waals surface area contributed by atoms with E-state index < -0.39 is 0 Å². The molecule has 1 aromatic rings. The summed E-state index contributed by atoms with van der Waals surface area (Å²) in [6.45, 7) is 3.49. The molecule has 3 heteroatoms. The van der Waals surface area contributed by atoms with Crippen LogP contribution in [0, 0.1) is 0 Å². The molecule has 90 valence electrons. The van der Waals surface area contributed by atoms with E-state index in [4.69, 9.17) is 14.2 Å². The van der Waals surface area contributed by atoms with E-state index in [1.807, 2.05) is 12.1 Å². The Balaban J connectivity index is 2.60. The Hall–Kier alpha value is -1.22. The first-order chi connectivity index (χ1) is 7.81. The third-order valence-electron chi connectivity index (χ3n) is 2.39. The van der Waals surface area contributed by atoms with Crippen LogP contribution in [0.4, 0.5) is 0 Å². The summed E-state index contributed by atoms with van der Waals surface area (Å²) in [5.74, 6) is 1.60. The van der Waals surface area contributed by atoms with E-state index in [1.165, 1.54) is 5.56 Å².